The molecule has 0 amide bonds. The summed E-state index contributed by atoms with van der Waals surface area (Å²) < 4.78 is 0. The number of aliphatic hydroxyl groups excluding tert-OH is 1. The van der Waals surface area contributed by atoms with E-state index in [1.165, 1.54) is 0 Å². The molecule has 0 aliphatic carbocycles. The highest BCUT2D eigenvalue weighted by Crippen LogP contribution is 2.34. The number of hydrogen-bond acceptors (Lipinski definition) is 3. The van der Waals surface area contributed by atoms with Crippen LogP contribution in [0.25, 0.3) is 0 Å². The maximum Gasteiger partial charge on any atom is 0.0816 e. The molecule has 0 radical (unpaired) electrons. The predicted octanol–water partition coefficient (Wildman–Crippen LogP) is 2.73. The highest BCUT2D eigenvalue weighted by Gasteiger charge is 2.30. The van der Waals surface area contributed by atoms with Crippen molar-refractivity contribution in [2.24, 2.45) is 5.92 Å². The third kappa shape index (κ3) is 3.10. The van der Waals surface area contributed by atoms with Crippen LogP contribution in [0, 0.1) is 5.92 Å². The summed E-state index contributed by atoms with van der Waals surface area (Å²) in [6.07, 6.45) is 1.35. The SMILES string of the molecule is CC(C)C(C)(O)CN1CCCC(O)c2ccccc21. The van der Waals surface area contributed by atoms with Crippen LogP contribution in [0.3, 0.4) is 0 Å². The number of aliphatic hydroxyl groups is 2. The van der Waals surface area contributed by atoms with Gasteiger partial charge in [-0.05, 0) is 31.7 Å². The van der Waals surface area contributed by atoms with Gasteiger partial charge in [0.05, 0.1) is 11.7 Å². The van der Waals surface area contributed by atoms with Crippen molar-refractivity contribution in [1.82, 2.24) is 0 Å². The minimum Gasteiger partial charge on any atom is -0.388 e. The van der Waals surface area contributed by atoms with Crippen molar-refractivity contribution in [3.63, 3.8) is 0 Å². The van der Waals surface area contributed by atoms with Crippen molar-refractivity contribution in [1.29, 1.82) is 0 Å². The Morgan fingerprint density at radius 1 is 1.37 bits per heavy atom. The summed E-state index contributed by atoms with van der Waals surface area (Å²) >= 11 is 0. The normalized spacial score (nSPS) is 22.8. The zero-order valence-corrected chi connectivity index (χ0v) is 12.1. The lowest BCUT2D eigenvalue weighted by Crippen LogP contribution is -2.45. The maximum absolute atomic E-state index is 10.5. The molecule has 0 saturated heterocycles. The first-order valence-electron chi connectivity index (χ1n) is 7.16. The molecule has 0 aromatic heterocycles. The van der Waals surface area contributed by atoms with Crippen LogP contribution in [0.5, 0.6) is 0 Å². The van der Waals surface area contributed by atoms with Gasteiger partial charge in [-0.2, -0.15) is 0 Å². The van der Waals surface area contributed by atoms with Gasteiger partial charge in [0.25, 0.3) is 0 Å². The summed E-state index contributed by atoms with van der Waals surface area (Å²) in [7, 11) is 0. The van der Waals surface area contributed by atoms with Gasteiger partial charge >= 0.3 is 0 Å². The summed E-state index contributed by atoms with van der Waals surface area (Å²) in [5, 5.41) is 20.7. The van der Waals surface area contributed by atoms with Gasteiger partial charge in [-0.25, -0.2) is 0 Å². The number of para-hydroxylation sites is 1. The third-order valence-corrected chi connectivity index (χ3v) is 4.30. The van der Waals surface area contributed by atoms with E-state index in [0.29, 0.717) is 6.54 Å². The summed E-state index contributed by atoms with van der Waals surface area (Å²) in [6.45, 7) is 7.46. The fourth-order valence-corrected chi connectivity index (χ4v) is 2.54. The number of benzene rings is 1. The average molecular weight is 263 g/mol. The van der Waals surface area contributed by atoms with Crippen molar-refractivity contribution >= 4 is 5.69 Å². The molecule has 3 nitrogen and oxygen atoms in total. The zero-order valence-electron chi connectivity index (χ0n) is 12.1. The number of β-amino-alcohol motifs (C(OH)–C–C–N with tert-alkyl or cyclic N) is 1. The number of fused-ring (bicyclic) bond motifs is 1. The second-order valence-corrected chi connectivity index (χ2v) is 6.15. The summed E-state index contributed by atoms with van der Waals surface area (Å²) in [5.41, 5.74) is 1.33. The Kier molecular flexibility index (Phi) is 4.16. The molecule has 1 heterocycles. The zero-order chi connectivity index (χ0) is 14.0. The molecule has 3 heteroatoms. The molecular formula is C16H25NO2. The first kappa shape index (κ1) is 14.4. The van der Waals surface area contributed by atoms with Gasteiger partial charge in [0.1, 0.15) is 0 Å². The summed E-state index contributed by atoms with van der Waals surface area (Å²) in [6, 6.07) is 7.99. The van der Waals surface area contributed by atoms with Crippen LogP contribution in [0.1, 0.15) is 45.3 Å². The molecule has 1 aromatic rings. The number of rotatable bonds is 3. The van der Waals surface area contributed by atoms with Gasteiger partial charge in [-0.1, -0.05) is 32.0 Å². The molecule has 0 fully saturated rings. The minimum absolute atomic E-state index is 0.202. The van der Waals surface area contributed by atoms with E-state index in [9.17, 15) is 10.2 Å². The van der Waals surface area contributed by atoms with Crippen molar-refractivity contribution in [2.45, 2.75) is 45.3 Å². The van der Waals surface area contributed by atoms with Crippen LogP contribution < -0.4 is 4.90 Å². The largest absolute Gasteiger partial charge is 0.388 e. The summed E-state index contributed by atoms with van der Waals surface area (Å²) in [4.78, 5) is 2.21. The molecule has 1 aromatic carbocycles. The van der Waals surface area contributed by atoms with Crippen LogP contribution >= 0.6 is 0 Å². The number of hydrogen-bond donors (Lipinski definition) is 2. The molecule has 19 heavy (non-hydrogen) atoms. The van der Waals surface area contributed by atoms with E-state index in [1.54, 1.807) is 0 Å². The van der Waals surface area contributed by atoms with Crippen LogP contribution in [-0.2, 0) is 0 Å². The molecular weight excluding hydrogens is 238 g/mol. The van der Waals surface area contributed by atoms with Gasteiger partial charge in [-0.15, -0.1) is 0 Å². The second-order valence-electron chi connectivity index (χ2n) is 6.15. The van der Waals surface area contributed by atoms with E-state index < -0.39 is 5.60 Å². The van der Waals surface area contributed by atoms with Crippen molar-refractivity contribution in [2.75, 3.05) is 18.0 Å². The molecule has 106 valence electrons. The van der Waals surface area contributed by atoms with E-state index in [4.69, 9.17) is 0 Å². The second kappa shape index (κ2) is 5.51. The molecule has 2 atom stereocenters. The molecule has 1 aliphatic rings. The first-order valence-corrected chi connectivity index (χ1v) is 7.16. The minimum atomic E-state index is -0.720. The van der Waals surface area contributed by atoms with Gasteiger partial charge < -0.3 is 15.1 Å². The lowest BCUT2D eigenvalue weighted by atomic mass is 9.91. The predicted molar refractivity (Wildman–Crippen MR) is 78.3 cm³/mol. The lowest BCUT2D eigenvalue weighted by Gasteiger charge is -2.36. The Bertz CT molecular complexity index is 429. The molecule has 0 saturated carbocycles. The Hall–Kier alpha value is -1.06. The fraction of sp³-hybridized carbons (Fsp3) is 0.625. The Balaban J connectivity index is 2.29. The van der Waals surface area contributed by atoms with Crippen LogP contribution in [0.2, 0.25) is 0 Å². The fourth-order valence-electron chi connectivity index (χ4n) is 2.54. The topological polar surface area (TPSA) is 43.7 Å². The van der Waals surface area contributed by atoms with E-state index in [0.717, 1.165) is 30.6 Å². The van der Waals surface area contributed by atoms with E-state index in [1.807, 2.05) is 45.0 Å². The number of anilines is 1. The lowest BCUT2D eigenvalue weighted by molar-refractivity contribution is 0.0206. The molecule has 2 rings (SSSR count). The first-order chi connectivity index (χ1) is 8.92. The van der Waals surface area contributed by atoms with E-state index in [2.05, 4.69) is 4.90 Å². The standard InChI is InChI=1S/C16H25NO2/c1-12(2)16(3,19)11-17-10-6-9-15(18)13-7-4-5-8-14(13)17/h4-5,7-8,12,15,18-19H,6,9-11H2,1-3H3. The molecule has 2 unspecified atom stereocenters. The van der Waals surface area contributed by atoms with Gasteiger partial charge in [-0.3, -0.25) is 0 Å². The highest BCUT2D eigenvalue weighted by atomic mass is 16.3. The Morgan fingerprint density at radius 3 is 2.74 bits per heavy atom. The van der Waals surface area contributed by atoms with Gasteiger partial charge in [0.2, 0.25) is 0 Å². The number of nitrogens with zero attached hydrogens (tertiary/aromatic N) is 1. The summed E-state index contributed by atoms with van der Waals surface area (Å²) in [5.74, 6) is 0.202. The quantitative estimate of drug-likeness (QED) is 0.881. The maximum atomic E-state index is 10.5. The van der Waals surface area contributed by atoms with Gasteiger partial charge in [0.15, 0.2) is 0 Å². The van der Waals surface area contributed by atoms with Crippen molar-refractivity contribution in [3.05, 3.63) is 29.8 Å². The van der Waals surface area contributed by atoms with Crippen LogP contribution in [-0.4, -0.2) is 28.9 Å². The van der Waals surface area contributed by atoms with Crippen LogP contribution in [0.4, 0.5) is 5.69 Å². The average Bonchev–Trinajstić information content (AvgIpc) is 2.50. The van der Waals surface area contributed by atoms with E-state index >= 15 is 0 Å². The Morgan fingerprint density at radius 2 is 2.05 bits per heavy atom. The monoisotopic (exact) mass is 263 g/mol. The van der Waals surface area contributed by atoms with Crippen molar-refractivity contribution < 1.29 is 10.2 Å². The van der Waals surface area contributed by atoms with Gasteiger partial charge in [0, 0.05) is 24.3 Å². The Labute approximate surface area is 115 Å². The molecule has 0 bridgehead atoms. The molecule has 0 spiro atoms. The smallest absolute Gasteiger partial charge is 0.0816 e. The third-order valence-electron chi connectivity index (χ3n) is 4.30. The molecule has 2 N–H and O–H groups in total. The molecule has 1 aliphatic heterocycles. The van der Waals surface area contributed by atoms with E-state index in [-0.39, 0.29) is 12.0 Å². The van der Waals surface area contributed by atoms with Crippen molar-refractivity contribution in [3.8, 4) is 0 Å². The van der Waals surface area contributed by atoms with Crippen LogP contribution in [0.15, 0.2) is 24.3 Å². The highest BCUT2D eigenvalue weighted by molar-refractivity contribution is 5.55.